The molecular weight excluding hydrogens is 391 g/mol. The van der Waals surface area contributed by atoms with Crippen molar-refractivity contribution in [2.45, 2.75) is 38.1 Å². The Hall–Kier alpha value is -3.35. The number of hydrogen-bond acceptors (Lipinski definition) is 6. The fraction of sp³-hybridized carbons (Fsp3) is 0.304. The summed E-state index contributed by atoms with van der Waals surface area (Å²) in [5.74, 6) is -2.05. The smallest absolute Gasteiger partial charge is 0.348 e. The van der Waals surface area contributed by atoms with E-state index in [1.165, 1.54) is 19.3 Å². The number of esters is 2. The van der Waals surface area contributed by atoms with Crippen molar-refractivity contribution in [3.8, 4) is 11.5 Å². The second-order valence-corrected chi connectivity index (χ2v) is 7.25. The summed E-state index contributed by atoms with van der Waals surface area (Å²) in [6, 6.07) is 11.2. The van der Waals surface area contributed by atoms with Crippen molar-refractivity contribution >= 4 is 18.0 Å². The van der Waals surface area contributed by atoms with Crippen LogP contribution in [0.4, 0.5) is 4.39 Å². The van der Waals surface area contributed by atoms with Crippen LogP contribution in [0.5, 0.6) is 11.5 Å². The predicted octanol–water partition coefficient (Wildman–Crippen LogP) is 4.17. The predicted molar refractivity (Wildman–Crippen MR) is 105 cm³/mol. The van der Waals surface area contributed by atoms with E-state index >= 15 is 0 Å². The molecule has 6 nitrogen and oxygen atoms in total. The Bertz CT molecular complexity index is 985. The third-order valence-electron chi connectivity index (χ3n) is 5.20. The molecule has 0 aromatic heterocycles. The van der Waals surface area contributed by atoms with E-state index in [4.69, 9.17) is 18.9 Å². The van der Waals surface area contributed by atoms with Crippen molar-refractivity contribution in [3.05, 3.63) is 65.0 Å². The molecule has 0 atom stereocenters. The van der Waals surface area contributed by atoms with E-state index in [1.807, 2.05) is 0 Å². The molecule has 0 radical (unpaired) electrons. The van der Waals surface area contributed by atoms with Crippen molar-refractivity contribution in [2.75, 3.05) is 7.11 Å². The maximum Gasteiger partial charge on any atom is 0.348 e. The molecule has 1 saturated heterocycles. The lowest BCUT2D eigenvalue weighted by Gasteiger charge is -2.32. The summed E-state index contributed by atoms with van der Waals surface area (Å²) in [5, 5.41) is 0. The van der Waals surface area contributed by atoms with Gasteiger partial charge in [0.2, 0.25) is 0 Å². The Morgan fingerprint density at radius 3 is 2.40 bits per heavy atom. The number of rotatable bonds is 5. The maximum atomic E-state index is 13.8. The monoisotopic (exact) mass is 412 g/mol. The van der Waals surface area contributed by atoms with Gasteiger partial charge in [-0.15, -0.1) is 0 Å². The zero-order valence-electron chi connectivity index (χ0n) is 16.5. The minimum absolute atomic E-state index is 0.0319. The van der Waals surface area contributed by atoms with Crippen molar-refractivity contribution in [1.82, 2.24) is 0 Å². The van der Waals surface area contributed by atoms with Crippen LogP contribution in [0.25, 0.3) is 6.08 Å². The fourth-order valence-electron chi connectivity index (χ4n) is 3.62. The molecule has 2 fully saturated rings. The van der Waals surface area contributed by atoms with E-state index in [1.54, 1.807) is 36.4 Å². The topological polar surface area (TPSA) is 71.1 Å². The molecule has 2 aromatic rings. The number of halogens is 1. The standard InChI is InChI=1S/C23H21FO6/c1-27-20-13-15(8-9-19(20)28-14-16-6-2-3-7-18(16)24)12-17-21(25)29-23(30-22(17)26)10-4-5-11-23/h2-3,6-9,12-13H,4-5,10-11,14H2,1H3. The molecule has 156 valence electrons. The van der Waals surface area contributed by atoms with Crippen LogP contribution in [0.1, 0.15) is 36.8 Å². The van der Waals surface area contributed by atoms with Crippen LogP contribution < -0.4 is 9.47 Å². The molecule has 0 bridgehead atoms. The normalized spacial score (nSPS) is 17.5. The van der Waals surface area contributed by atoms with Gasteiger partial charge in [-0.2, -0.15) is 0 Å². The van der Waals surface area contributed by atoms with Crippen molar-refractivity contribution in [3.63, 3.8) is 0 Å². The highest BCUT2D eigenvalue weighted by Crippen LogP contribution is 2.39. The van der Waals surface area contributed by atoms with E-state index in [0.717, 1.165) is 12.8 Å². The molecule has 0 amide bonds. The molecule has 1 saturated carbocycles. The zero-order valence-corrected chi connectivity index (χ0v) is 16.5. The summed E-state index contributed by atoms with van der Waals surface area (Å²) < 4.78 is 35.7. The fourth-order valence-corrected chi connectivity index (χ4v) is 3.62. The number of ether oxygens (including phenoxy) is 4. The van der Waals surface area contributed by atoms with Gasteiger partial charge < -0.3 is 18.9 Å². The number of carbonyl (C=O) groups is 2. The van der Waals surface area contributed by atoms with Gasteiger partial charge in [0, 0.05) is 18.4 Å². The van der Waals surface area contributed by atoms with Gasteiger partial charge in [-0.25, -0.2) is 14.0 Å². The van der Waals surface area contributed by atoms with Crippen LogP contribution in [0.3, 0.4) is 0 Å². The number of methoxy groups -OCH3 is 1. The van der Waals surface area contributed by atoms with E-state index in [-0.39, 0.29) is 18.0 Å². The molecular formula is C23H21FO6. The second-order valence-electron chi connectivity index (χ2n) is 7.25. The first-order chi connectivity index (χ1) is 14.5. The van der Waals surface area contributed by atoms with Gasteiger partial charge in [0.15, 0.2) is 11.5 Å². The SMILES string of the molecule is COc1cc(C=C2C(=O)OC3(CCCC3)OC2=O)ccc1OCc1ccccc1F. The Morgan fingerprint density at radius 1 is 1.03 bits per heavy atom. The van der Waals surface area contributed by atoms with Crippen LogP contribution in [0, 0.1) is 5.82 Å². The molecule has 1 aliphatic carbocycles. The van der Waals surface area contributed by atoms with Crippen molar-refractivity contribution in [2.24, 2.45) is 0 Å². The summed E-state index contributed by atoms with van der Waals surface area (Å²) in [4.78, 5) is 24.8. The van der Waals surface area contributed by atoms with Gasteiger partial charge in [-0.05, 0) is 42.7 Å². The lowest BCUT2D eigenvalue weighted by atomic mass is 10.1. The minimum atomic E-state index is -1.10. The lowest BCUT2D eigenvalue weighted by Crippen LogP contribution is -2.44. The second kappa shape index (κ2) is 8.18. The summed E-state index contributed by atoms with van der Waals surface area (Å²) >= 11 is 0. The Balaban J connectivity index is 1.52. The van der Waals surface area contributed by atoms with E-state index < -0.39 is 17.7 Å². The molecule has 0 unspecified atom stereocenters. The summed E-state index contributed by atoms with van der Waals surface area (Å²) in [6.45, 7) is 0.0319. The lowest BCUT2D eigenvalue weighted by molar-refractivity contribution is -0.232. The van der Waals surface area contributed by atoms with Gasteiger partial charge in [0.05, 0.1) is 7.11 Å². The first-order valence-electron chi connectivity index (χ1n) is 9.72. The molecule has 4 rings (SSSR count). The largest absolute Gasteiger partial charge is 0.493 e. The van der Waals surface area contributed by atoms with Gasteiger partial charge in [0.25, 0.3) is 5.79 Å². The average molecular weight is 412 g/mol. The van der Waals surface area contributed by atoms with Gasteiger partial charge in [0.1, 0.15) is 18.0 Å². The zero-order chi connectivity index (χ0) is 21.1. The molecule has 2 aromatic carbocycles. The molecule has 30 heavy (non-hydrogen) atoms. The molecule has 2 aliphatic rings. The average Bonchev–Trinajstić information content (AvgIpc) is 3.18. The molecule has 1 aliphatic heterocycles. The third kappa shape index (κ3) is 4.01. The Morgan fingerprint density at radius 2 is 1.73 bits per heavy atom. The Labute approximate surface area is 173 Å². The first kappa shape index (κ1) is 19.9. The molecule has 1 spiro atoms. The molecule has 7 heteroatoms. The van der Waals surface area contributed by atoms with Crippen LogP contribution in [-0.4, -0.2) is 24.8 Å². The number of hydrogen-bond donors (Lipinski definition) is 0. The van der Waals surface area contributed by atoms with Crippen LogP contribution >= 0.6 is 0 Å². The Kier molecular flexibility index (Phi) is 5.44. The quantitative estimate of drug-likeness (QED) is 0.417. The number of carbonyl (C=O) groups excluding carboxylic acids is 2. The van der Waals surface area contributed by atoms with Crippen LogP contribution in [0.15, 0.2) is 48.0 Å². The minimum Gasteiger partial charge on any atom is -0.493 e. The molecule has 0 N–H and O–H groups in total. The highest BCUT2D eigenvalue weighted by molar-refractivity contribution is 6.18. The van der Waals surface area contributed by atoms with Gasteiger partial charge in [-0.3, -0.25) is 0 Å². The van der Waals surface area contributed by atoms with E-state index in [0.29, 0.717) is 35.5 Å². The van der Waals surface area contributed by atoms with E-state index in [2.05, 4.69) is 0 Å². The van der Waals surface area contributed by atoms with Crippen molar-refractivity contribution < 1.29 is 32.9 Å². The van der Waals surface area contributed by atoms with Crippen LogP contribution in [-0.2, 0) is 25.7 Å². The highest BCUT2D eigenvalue weighted by atomic mass is 19.1. The third-order valence-corrected chi connectivity index (χ3v) is 5.20. The maximum absolute atomic E-state index is 13.8. The van der Waals surface area contributed by atoms with Crippen molar-refractivity contribution in [1.29, 1.82) is 0 Å². The summed E-state index contributed by atoms with van der Waals surface area (Å²) in [5.41, 5.74) is 0.783. The number of benzene rings is 2. The first-order valence-corrected chi connectivity index (χ1v) is 9.72. The molecule has 1 heterocycles. The summed E-state index contributed by atoms with van der Waals surface area (Å²) in [7, 11) is 1.47. The van der Waals surface area contributed by atoms with Gasteiger partial charge in [-0.1, -0.05) is 24.3 Å². The van der Waals surface area contributed by atoms with Crippen LogP contribution in [0.2, 0.25) is 0 Å². The van der Waals surface area contributed by atoms with Gasteiger partial charge >= 0.3 is 11.9 Å². The summed E-state index contributed by atoms with van der Waals surface area (Å²) in [6.07, 6.45) is 4.16. The van der Waals surface area contributed by atoms with E-state index in [9.17, 15) is 14.0 Å². The highest BCUT2D eigenvalue weighted by Gasteiger charge is 2.47.